The molecule has 5 rings (SSSR count). The molecule has 4 aromatic rings. The number of nitrogens with zero attached hydrogens (tertiary/aromatic N) is 4. The Hall–Kier alpha value is -2.99. The highest BCUT2D eigenvalue weighted by Crippen LogP contribution is 2.35. The molecule has 0 bridgehead atoms. The molecule has 1 aliphatic heterocycles. The van der Waals surface area contributed by atoms with Gasteiger partial charge in [-0.15, -0.1) is 0 Å². The highest BCUT2D eigenvalue weighted by molar-refractivity contribution is 9.10. The first-order valence-electron chi connectivity index (χ1n) is 10.2. The molecule has 0 unspecified atom stereocenters. The van der Waals surface area contributed by atoms with Crippen molar-refractivity contribution in [3.8, 4) is 22.4 Å². The number of nitrogens with two attached hydrogens (primary N) is 1. The number of piperidine rings is 1. The van der Waals surface area contributed by atoms with Gasteiger partial charge in [0, 0.05) is 28.8 Å². The van der Waals surface area contributed by atoms with E-state index < -0.39 is 0 Å². The second kappa shape index (κ2) is 8.03. The van der Waals surface area contributed by atoms with E-state index in [0.717, 1.165) is 45.3 Å². The second-order valence-electron chi connectivity index (χ2n) is 7.62. The third kappa shape index (κ3) is 3.63. The van der Waals surface area contributed by atoms with Crippen LogP contribution in [0.1, 0.15) is 19.3 Å². The zero-order valence-corrected chi connectivity index (χ0v) is 18.1. The molecule has 0 aliphatic carbocycles. The molecule has 1 aliphatic rings. The summed E-state index contributed by atoms with van der Waals surface area (Å²) in [5.74, 6) is 0.439. The molecule has 0 saturated carbocycles. The molecular weight excluding hydrogens is 438 g/mol. The van der Waals surface area contributed by atoms with Crippen LogP contribution in [0.3, 0.4) is 0 Å². The first-order chi connectivity index (χ1) is 14.7. The van der Waals surface area contributed by atoms with Crippen molar-refractivity contribution in [3.05, 3.63) is 65.4 Å². The Kier molecular flexibility index (Phi) is 5.09. The summed E-state index contributed by atoms with van der Waals surface area (Å²) < 4.78 is 1.01. The van der Waals surface area contributed by atoms with E-state index in [1.54, 1.807) is 0 Å². The van der Waals surface area contributed by atoms with Crippen LogP contribution < -0.4 is 10.6 Å². The average Bonchev–Trinajstić information content (AvgIpc) is 2.79. The molecule has 0 radical (unpaired) electrons. The van der Waals surface area contributed by atoms with E-state index >= 15 is 0 Å². The van der Waals surface area contributed by atoms with Gasteiger partial charge in [0.25, 0.3) is 0 Å². The second-order valence-corrected chi connectivity index (χ2v) is 8.53. The Labute approximate surface area is 184 Å². The lowest BCUT2D eigenvalue weighted by Gasteiger charge is -2.28. The maximum absolute atomic E-state index is 6.22. The number of anilines is 2. The number of hydrogen-bond donors (Lipinski definition) is 1. The van der Waals surface area contributed by atoms with Crippen molar-refractivity contribution in [2.45, 2.75) is 19.3 Å². The maximum atomic E-state index is 6.22. The topological polar surface area (TPSA) is 67.9 Å². The largest absolute Gasteiger partial charge is 0.383 e. The fourth-order valence-corrected chi connectivity index (χ4v) is 4.51. The Bertz CT molecular complexity index is 1200. The van der Waals surface area contributed by atoms with E-state index in [9.17, 15) is 0 Å². The molecule has 0 spiro atoms. The summed E-state index contributed by atoms with van der Waals surface area (Å²) in [5.41, 5.74) is 12.1. The number of benzene rings is 2. The number of pyridine rings is 1. The summed E-state index contributed by atoms with van der Waals surface area (Å²) in [5, 5.41) is 0.782. The van der Waals surface area contributed by atoms with Gasteiger partial charge in [-0.2, -0.15) is 0 Å². The lowest BCUT2D eigenvalue weighted by Crippen LogP contribution is -2.29. The predicted molar refractivity (Wildman–Crippen MR) is 126 cm³/mol. The van der Waals surface area contributed by atoms with E-state index in [4.69, 9.17) is 10.7 Å². The fraction of sp³-hybridized carbons (Fsp3) is 0.208. The van der Waals surface area contributed by atoms with Gasteiger partial charge in [0.2, 0.25) is 0 Å². The van der Waals surface area contributed by atoms with Crippen LogP contribution in [0.15, 0.2) is 65.4 Å². The van der Waals surface area contributed by atoms with Crippen molar-refractivity contribution in [1.29, 1.82) is 0 Å². The summed E-state index contributed by atoms with van der Waals surface area (Å²) >= 11 is 3.57. The lowest BCUT2D eigenvalue weighted by atomic mass is 9.99. The lowest BCUT2D eigenvalue weighted by molar-refractivity contribution is 0.578. The van der Waals surface area contributed by atoms with Crippen LogP contribution >= 0.6 is 15.9 Å². The molecule has 150 valence electrons. The molecular formula is C24H22BrN5. The zero-order chi connectivity index (χ0) is 20.5. The number of halogens is 1. The highest BCUT2D eigenvalue weighted by Gasteiger charge is 2.15. The third-order valence-electron chi connectivity index (χ3n) is 5.65. The first kappa shape index (κ1) is 19.0. The van der Waals surface area contributed by atoms with Crippen molar-refractivity contribution in [2.24, 2.45) is 0 Å². The van der Waals surface area contributed by atoms with Crippen molar-refractivity contribution >= 4 is 38.5 Å². The van der Waals surface area contributed by atoms with Crippen LogP contribution in [-0.4, -0.2) is 28.0 Å². The summed E-state index contributed by atoms with van der Waals surface area (Å²) in [6, 6.07) is 18.9. The van der Waals surface area contributed by atoms with Gasteiger partial charge in [-0.25, -0.2) is 15.0 Å². The molecule has 3 heterocycles. The summed E-state index contributed by atoms with van der Waals surface area (Å²) in [6.07, 6.45) is 5.34. The molecule has 1 fully saturated rings. The normalized spacial score (nSPS) is 14.2. The molecule has 0 atom stereocenters. The van der Waals surface area contributed by atoms with Crippen LogP contribution in [0.2, 0.25) is 0 Å². The van der Waals surface area contributed by atoms with Gasteiger partial charge in [0.1, 0.15) is 12.1 Å². The molecule has 5 nitrogen and oxygen atoms in total. The zero-order valence-electron chi connectivity index (χ0n) is 16.6. The van der Waals surface area contributed by atoms with Crippen LogP contribution in [0, 0.1) is 0 Å². The van der Waals surface area contributed by atoms with Crippen LogP contribution in [0.25, 0.3) is 33.4 Å². The number of aromatic nitrogens is 3. The van der Waals surface area contributed by atoms with Crippen molar-refractivity contribution in [3.63, 3.8) is 0 Å². The van der Waals surface area contributed by atoms with Crippen LogP contribution in [-0.2, 0) is 0 Å². The van der Waals surface area contributed by atoms with Crippen LogP contribution in [0.4, 0.5) is 11.5 Å². The smallest absolute Gasteiger partial charge is 0.165 e. The minimum atomic E-state index is 0.439. The highest BCUT2D eigenvalue weighted by atomic mass is 79.9. The minimum Gasteiger partial charge on any atom is -0.383 e. The standard InChI is InChI=1S/C24H22BrN5/c25-18-6-4-5-17(13-18)20-14-21(29-24-22(20)23(26)27-15-28-24)16-7-9-19(10-8-16)30-11-2-1-3-12-30/h4-10,13-15H,1-3,11-12H2,(H2,26,27,28,29). The number of hydrogen-bond acceptors (Lipinski definition) is 5. The van der Waals surface area contributed by atoms with Gasteiger partial charge in [-0.1, -0.05) is 40.2 Å². The van der Waals surface area contributed by atoms with Crippen molar-refractivity contribution < 1.29 is 0 Å². The van der Waals surface area contributed by atoms with E-state index in [1.807, 2.05) is 12.1 Å². The monoisotopic (exact) mass is 459 g/mol. The van der Waals surface area contributed by atoms with Gasteiger partial charge < -0.3 is 10.6 Å². The van der Waals surface area contributed by atoms with Gasteiger partial charge in [-0.05, 0) is 60.7 Å². The van der Waals surface area contributed by atoms with Crippen molar-refractivity contribution in [1.82, 2.24) is 15.0 Å². The van der Waals surface area contributed by atoms with E-state index in [0.29, 0.717) is 11.5 Å². The van der Waals surface area contributed by atoms with Gasteiger partial charge >= 0.3 is 0 Å². The van der Waals surface area contributed by atoms with Gasteiger partial charge in [0.15, 0.2) is 5.65 Å². The van der Waals surface area contributed by atoms with E-state index in [2.05, 4.69) is 73.3 Å². The molecule has 2 aromatic heterocycles. The minimum absolute atomic E-state index is 0.439. The molecule has 0 amide bonds. The number of nitrogen functional groups attached to an aromatic ring is 1. The molecule has 6 heteroatoms. The Morgan fingerprint density at radius 1 is 0.867 bits per heavy atom. The summed E-state index contributed by atoms with van der Waals surface area (Å²) in [6.45, 7) is 2.27. The average molecular weight is 460 g/mol. The Balaban J connectivity index is 1.61. The van der Waals surface area contributed by atoms with Gasteiger partial charge in [0.05, 0.1) is 11.1 Å². The Morgan fingerprint density at radius 2 is 1.67 bits per heavy atom. The fourth-order valence-electron chi connectivity index (χ4n) is 4.11. The SMILES string of the molecule is Nc1ncnc2nc(-c3ccc(N4CCCCC4)cc3)cc(-c3cccc(Br)c3)c12. The molecule has 30 heavy (non-hydrogen) atoms. The van der Waals surface area contributed by atoms with Crippen molar-refractivity contribution in [2.75, 3.05) is 23.7 Å². The first-order valence-corrected chi connectivity index (χ1v) is 11.0. The predicted octanol–water partition coefficient (Wildman–Crippen LogP) is 5.69. The quantitative estimate of drug-likeness (QED) is 0.425. The third-order valence-corrected chi connectivity index (χ3v) is 6.15. The number of rotatable bonds is 3. The van der Waals surface area contributed by atoms with E-state index in [-0.39, 0.29) is 0 Å². The van der Waals surface area contributed by atoms with Crippen LogP contribution in [0.5, 0.6) is 0 Å². The summed E-state index contributed by atoms with van der Waals surface area (Å²) in [7, 11) is 0. The molecule has 2 N–H and O–H groups in total. The Morgan fingerprint density at radius 3 is 2.43 bits per heavy atom. The van der Waals surface area contributed by atoms with E-state index in [1.165, 1.54) is 31.3 Å². The molecule has 1 saturated heterocycles. The summed E-state index contributed by atoms with van der Waals surface area (Å²) in [4.78, 5) is 15.9. The number of fused-ring (bicyclic) bond motifs is 1. The maximum Gasteiger partial charge on any atom is 0.165 e. The molecule has 2 aromatic carbocycles. The van der Waals surface area contributed by atoms with Gasteiger partial charge in [-0.3, -0.25) is 0 Å².